The summed E-state index contributed by atoms with van der Waals surface area (Å²) in [7, 11) is 0. The third kappa shape index (κ3) is 3.37. The van der Waals surface area contributed by atoms with Gasteiger partial charge in [0.2, 0.25) is 0 Å². The fourth-order valence-electron chi connectivity index (χ4n) is 2.92. The maximum absolute atomic E-state index is 12.4. The van der Waals surface area contributed by atoms with E-state index in [1.165, 1.54) is 4.90 Å². The van der Waals surface area contributed by atoms with E-state index >= 15 is 0 Å². The average molecular weight is 310 g/mol. The van der Waals surface area contributed by atoms with Crippen LogP contribution in [0, 0.1) is 12.3 Å². The fourth-order valence-corrected chi connectivity index (χ4v) is 3.77. The number of rotatable bonds is 3. The molecule has 1 unspecified atom stereocenters. The van der Waals surface area contributed by atoms with Crippen LogP contribution >= 0.6 is 11.3 Å². The second-order valence-corrected chi connectivity index (χ2v) is 7.21. The Balaban J connectivity index is 2.06. The number of piperidine rings is 1. The van der Waals surface area contributed by atoms with Crippen LogP contribution in [0.4, 0.5) is 4.79 Å². The number of carbonyl (C=O) groups excluding carboxylic acids is 1. The lowest BCUT2D eigenvalue weighted by molar-refractivity contribution is -0.148. The Kier molecular flexibility index (Phi) is 4.56. The van der Waals surface area contributed by atoms with Crippen molar-refractivity contribution in [2.75, 3.05) is 6.54 Å². The molecule has 0 saturated carbocycles. The first-order chi connectivity index (χ1) is 9.83. The van der Waals surface area contributed by atoms with Crippen molar-refractivity contribution in [2.24, 2.45) is 5.41 Å². The number of aryl methyl sites for hydroxylation is 1. The molecule has 2 heterocycles. The van der Waals surface area contributed by atoms with Gasteiger partial charge in [-0.1, -0.05) is 13.8 Å². The van der Waals surface area contributed by atoms with Gasteiger partial charge in [0.25, 0.3) is 0 Å². The Hall–Kier alpha value is -1.56. The third-order valence-electron chi connectivity index (χ3n) is 4.14. The molecule has 1 aliphatic heterocycles. The van der Waals surface area contributed by atoms with Gasteiger partial charge >= 0.3 is 12.0 Å². The number of amides is 2. The average Bonchev–Trinajstić information content (AvgIpc) is 2.79. The molecule has 1 aromatic heterocycles. The van der Waals surface area contributed by atoms with Crippen LogP contribution in [0.15, 0.2) is 11.4 Å². The number of carboxylic acids is 1. The molecule has 1 fully saturated rings. The summed E-state index contributed by atoms with van der Waals surface area (Å²) in [6, 6.07) is 0.953. The molecule has 2 N–H and O–H groups in total. The molecule has 1 saturated heterocycles. The Labute approximate surface area is 129 Å². The first-order valence-corrected chi connectivity index (χ1v) is 8.01. The van der Waals surface area contributed by atoms with Crippen LogP contribution < -0.4 is 5.32 Å². The number of carbonyl (C=O) groups is 2. The molecule has 21 heavy (non-hydrogen) atoms. The van der Waals surface area contributed by atoms with Crippen molar-refractivity contribution in [3.05, 3.63) is 21.9 Å². The molecule has 116 valence electrons. The molecule has 0 aliphatic carbocycles. The van der Waals surface area contributed by atoms with Gasteiger partial charge < -0.3 is 15.3 Å². The van der Waals surface area contributed by atoms with Crippen LogP contribution in [0.2, 0.25) is 0 Å². The van der Waals surface area contributed by atoms with Crippen molar-refractivity contribution in [1.29, 1.82) is 0 Å². The molecule has 0 bridgehead atoms. The van der Waals surface area contributed by atoms with Gasteiger partial charge in [-0.05, 0) is 42.2 Å². The summed E-state index contributed by atoms with van der Waals surface area (Å²) in [6.07, 6.45) is 1.65. The molecular weight excluding hydrogens is 288 g/mol. The largest absolute Gasteiger partial charge is 0.480 e. The first-order valence-electron chi connectivity index (χ1n) is 7.13. The molecule has 0 aromatic carbocycles. The van der Waals surface area contributed by atoms with Crippen LogP contribution in [0.5, 0.6) is 0 Å². The molecule has 1 atom stereocenters. The van der Waals surface area contributed by atoms with Gasteiger partial charge in [-0.15, -0.1) is 11.3 Å². The molecule has 0 spiro atoms. The molecule has 1 aromatic rings. The van der Waals surface area contributed by atoms with Crippen LogP contribution in [0.3, 0.4) is 0 Å². The van der Waals surface area contributed by atoms with Gasteiger partial charge in [0, 0.05) is 11.4 Å². The minimum absolute atomic E-state index is 0.289. The van der Waals surface area contributed by atoms with Gasteiger partial charge in [0.05, 0.1) is 6.54 Å². The highest BCUT2D eigenvalue weighted by Crippen LogP contribution is 2.35. The zero-order valence-corrected chi connectivity index (χ0v) is 13.5. The van der Waals surface area contributed by atoms with Crippen molar-refractivity contribution in [3.63, 3.8) is 0 Å². The normalized spacial score (nSPS) is 21.1. The van der Waals surface area contributed by atoms with Crippen LogP contribution in [-0.4, -0.2) is 34.6 Å². The van der Waals surface area contributed by atoms with E-state index in [1.54, 1.807) is 11.3 Å². The van der Waals surface area contributed by atoms with Crippen LogP contribution in [-0.2, 0) is 11.3 Å². The topological polar surface area (TPSA) is 69.6 Å². The maximum atomic E-state index is 12.4. The zero-order chi connectivity index (χ0) is 15.6. The first kappa shape index (κ1) is 15.8. The smallest absolute Gasteiger partial charge is 0.327 e. The molecule has 2 amide bonds. The van der Waals surface area contributed by atoms with Crippen LogP contribution in [0.25, 0.3) is 0 Å². The Morgan fingerprint density at radius 2 is 2.24 bits per heavy atom. The lowest BCUT2D eigenvalue weighted by atomic mass is 9.76. The number of nitrogens with zero attached hydrogens (tertiary/aromatic N) is 1. The number of hydrogen-bond acceptors (Lipinski definition) is 3. The van der Waals surface area contributed by atoms with E-state index < -0.39 is 17.4 Å². The summed E-state index contributed by atoms with van der Waals surface area (Å²) in [6.45, 7) is 6.77. The van der Waals surface area contributed by atoms with Gasteiger partial charge in [0.15, 0.2) is 0 Å². The summed E-state index contributed by atoms with van der Waals surface area (Å²) in [4.78, 5) is 26.5. The highest BCUT2D eigenvalue weighted by atomic mass is 32.1. The Morgan fingerprint density at radius 3 is 2.81 bits per heavy atom. The number of nitrogens with one attached hydrogen (secondary N) is 1. The quantitative estimate of drug-likeness (QED) is 0.902. The minimum Gasteiger partial charge on any atom is -0.480 e. The second-order valence-electron chi connectivity index (χ2n) is 6.21. The van der Waals surface area contributed by atoms with Gasteiger partial charge in [-0.25, -0.2) is 9.59 Å². The molecule has 5 nitrogen and oxygen atoms in total. The van der Waals surface area contributed by atoms with Crippen molar-refractivity contribution in [1.82, 2.24) is 10.2 Å². The summed E-state index contributed by atoms with van der Waals surface area (Å²) in [5.41, 5.74) is 0.745. The third-order valence-corrected chi connectivity index (χ3v) is 5.16. The molecule has 2 rings (SSSR count). The van der Waals surface area contributed by atoms with E-state index in [-0.39, 0.29) is 6.03 Å². The predicted molar refractivity (Wildman–Crippen MR) is 82.4 cm³/mol. The van der Waals surface area contributed by atoms with Gasteiger partial charge in [-0.2, -0.15) is 0 Å². The Bertz CT molecular complexity index is 539. The number of likely N-dealkylation sites (tertiary alicyclic amines) is 1. The van der Waals surface area contributed by atoms with E-state index in [1.807, 2.05) is 32.2 Å². The number of carboxylic acid groups (broad SMARTS) is 1. The highest BCUT2D eigenvalue weighted by Gasteiger charge is 2.44. The number of urea groups is 1. The highest BCUT2D eigenvalue weighted by molar-refractivity contribution is 7.10. The van der Waals surface area contributed by atoms with Gasteiger partial charge in [0.1, 0.15) is 6.04 Å². The standard InChI is InChI=1S/C15H22N2O3S/c1-10-5-8-21-11(10)9-16-14(20)17-7-4-6-15(2,3)12(17)13(18)19/h5,8,12H,4,6-7,9H2,1-3H3,(H,16,20)(H,18,19). The molecular formula is C15H22N2O3S. The fraction of sp³-hybridized carbons (Fsp3) is 0.600. The molecule has 1 aliphatic rings. The predicted octanol–water partition coefficient (Wildman–Crippen LogP) is 2.84. The summed E-state index contributed by atoms with van der Waals surface area (Å²) in [5.74, 6) is -0.929. The molecule has 0 radical (unpaired) electrons. The van der Waals surface area contributed by atoms with E-state index in [0.29, 0.717) is 13.1 Å². The minimum atomic E-state index is -0.929. The number of thiophene rings is 1. The number of hydrogen-bond donors (Lipinski definition) is 2. The van der Waals surface area contributed by atoms with Gasteiger partial charge in [-0.3, -0.25) is 0 Å². The van der Waals surface area contributed by atoms with E-state index in [2.05, 4.69) is 5.32 Å². The summed E-state index contributed by atoms with van der Waals surface area (Å²) < 4.78 is 0. The van der Waals surface area contributed by atoms with Crippen molar-refractivity contribution >= 4 is 23.3 Å². The summed E-state index contributed by atoms with van der Waals surface area (Å²) in [5, 5.41) is 14.3. The maximum Gasteiger partial charge on any atom is 0.327 e. The van der Waals surface area contributed by atoms with E-state index in [4.69, 9.17) is 0 Å². The monoisotopic (exact) mass is 310 g/mol. The van der Waals surface area contributed by atoms with Crippen molar-refractivity contribution in [3.8, 4) is 0 Å². The second kappa shape index (κ2) is 6.05. The lowest BCUT2D eigenvalue weighted by Gasteiger charge is -2.43. The molecule has 6 heteroatoms. The van der Waals surface area contributed by atoms with Crippen LogP contribution in [0.1, 0.15) is 37.1 Å². The van der Waals surface area contributed by atoms with Crippen molar-refractivity contribution < 1.29 is 14.7 Å². The van der Waals surface area contributed by atoms with Crippen molar-refractivity contribution in [2.45, 2.75) is 46.2 Å². The lowest BCUT2D eigenvalue weighted by Crippen LogP contribution is -2.58. The van der Waals surface area contributed by atoms with E-state index in [0.717, 1.165) is 23.3 Å². The van der Waals surface area contributed by atoms with E-state index in [9.17, 15) is 14.7 Å². The summed E-state index contributed by atoms with van der Waals surface area (Å²) >= 11 is 1.60. The SMILES string of the molecule is Cc1ccsc1CNC(=O)N1CCCC(C)(C)C1C(=O)O. The Morgan fingerprint density at radius 1 is 1.52 bits per heavy atom. The zero-order valence-electron chi connectivity index (χ0n) is 12.7. The number of aliphatic carboxylic acids is 1.